The molecule has 0 saturated carbocycles. The number of hydrogen-bond acceptors (Lipinski definition) is 5. The molecule has 0 aromatic rings. The van der Waals surface area contributed by atoms with E-state index >= 15 is 0 Å². The Kier molecular flexibility index (Phi) is 3.17. The summed E-state index contributed by atoms with van der Waals surface area (Å²) < 4.78 is 61.6. The summed E-state index contributed by atoms with van der Waals surface area (Å²) in [5.74, 6) is -2.26. The summed E-state index contributed by atoms with van der Waals surface area (Å²) in [7, 11) is -6.03. The Labute approximate surface area is 105 Å². The van der Waals surface area contributed by atoms with Crippen molar-refractivity contribution in [2.75, 3.05) is 0 Å². The van der Waals surface area contributed by atoms with Crippen LogP contribution in [-0.2, 0) is 24.0 Å². The predicted molar refractivity (Wildman–Crippen MR) is 53.4 cm³/mol. The monoisotopic (exact) mass is 299 g/mol. The molecule has 2 aliphatic rings. The molecule has 2 amide bonds. The summed E-state index contributed by atoms with van der Waals surface area (Å²) >= 11 is 0. The van der Waals surface area contributed by atoms with E-state index in [1.807, 2.05) is 0 Å². The van der Waals surface area contributed by atoms with Gasteiger partial charge in [-0.2, -0.15) is 21.6 Å². The molecule has 10 heteroatoms. The molecule has 0 saturated heterocycles. The number of carbonyl (C=O) groups is 2. The van der Waals surface area contributed by atoms with Crippen LogP contribution >= 0.6 is 0 Å². The third-order valence-electron chi connectivity index (χ3n) is 2.81. The van der Waals surface area contributed by atoms with Crippen LogP contribution in [0.5, 0.6) is 0 Å². The van der Waals surface area contributed by atoms with Gasteiger partial charge in [0.1, 0.15) is 0 Å². The molecule has 19 heavy (non-hydrogen) atoms. The van der Waals surface area contributed by atoms with Crippen LogP contribution in [0.2, 0.25) is 0 Å². The number of rotatable bonds is 2. The lowest BCUT2D eigenvalue weighted by molar-refractivity contribution is -0.166. The number of carbonyl (C=O) groups excluding carboxylic acids is 2. The summed E-state index contributed by atoms with van der Waals surface area (Å²) in [6.07, 6.45) is 1.67. The van der Waals surface area contributed by atoms with Crippen LogP contribution in [-0.4, -0.2) is 30.8 Å². The smallest absolute Gasteiger partial charge is 0.267 e. The van der Waals surface area contributed by atoms with Crippen LogP contribution in [0.15, 0.2) is 11.1 Å². The van der Waals surface area contributed by atoms with Crippen molar-refractivity contribution in [2.45, 2.75) is 31.2 Å². The molecule has 0 bridgehead atoms. The van der Waals surface area contributed by atoms with Gasteiger partial charge in [-0.15, -0.1) is 9.35 Å². The first-order chi connectivity index (χ1) is 8.65. The molecular weight excluding hydrogens is 291 g/mol. The van der Waals surface area contributed by atoms with Gasteiger partial charge in [0.05, 0.1) is 0 Å². The van der Waals surface area contributed by atoms with Crippen molar-refractivity contribution in [3.05, 3.63) is 11.1 Å². The standard InChI is InChI=1S/C9H8F3NO5S/c10-9(11,12)19(16,17)18-13-7(14)5-3-1-2-4-6(5)8(13)15/h1-4H2. The van der Waals surface area contributed by atoms with E-state index in [1.54, 1.807) is 0 Å². The van der Waals surface area contributed by atoms with E-state index in [0.29, 0.717) is 12.8 Å². The summed E-state index contributed by atoms with van der Waals surface area (Å²) in [4.78, 5) is 23.3. The number of alkyl halides is 3. The van der Waals surface area contributed by atoms with Crippen molar-refractivity contribution < 1.29 is 35.5 Å². The third-order valence-corrected chi connectivity index (χ3v) is 3.72. The molecule has 0 N–H and O–H groups in total. The molecule has 1 heterocycles. The summed E-state index contributed by atoms with van der Waals surface area (Å²) in [6, 6.07) is 0. The largest absolute Gasteiger partial charge is 0.525 e. The highest BCUT2D eigenvalue weighted by molar-refractivity contribution is 7.87. The van der Waals surface area contributed by atoms with Crippen molar-refractivity contribution in [3.8, 4) is 0 Å². The maximum atomic E-state index is 12.1. The van der Waals surface area contributed by atoms with Crippen LogP contribution in [0, 0.1) is 0 Å². The van der Waals surface area contributed by atoms with Gasteiger partial charge in [0.15, 0.2) is 0 Å². The van der Waals surface area contributed by atoms with E-state index in [1.165, 1.54) is 0 Å². The van der Waals surface area contributed by atoms with Crippen molar-refractivity contribution in [2.24, 2.45) is 0 Å². The second kappa shape index (κ2) is 4.30. The molecule has 0 aromatic heterocycles. The fraction of sp³-hybridized carbons (Fsp3) is 0.556. The zero-order valence-electron chi connectivity index (χ0n) is 9.36. The highest BCUT2D eigenvalue weighted by atomic mass is 32.2. The fourth-order valence-electron chi connectivity index (χ4n) is 1.92. The van der Waals surface area contributed by atoms with Crippen LogP contribution in [0.1, 0.15) is 25.7 Å². The Balaban J connectivity index is 2.26. The van der Waals surface area contributed by atoms with Gasteiger partial charge in [0.2, 0.25) is 0 Å². The average Bonchev–Trinajstić information content (AvgIpc) is 2.54. The molecule has 106 valence electrons. The zero-order valence-corrected chi connectivity index (χ0v) is 10.2. The zero-order chi connectivity index (χ0) is 14.4. The van der Waals surface area contributed by atoms with Gasteiger partial charge in [-0.3, -0.25) is 9.59 Å². The van der Waals surface area contributed by atoms with E-state index in [-0.39, 0.29) is 29.1 Å². The lowest BCUT2D eigenvalue weighted by Crippen LogP contribution is -2.39. The third kappa shape index (κ3) is 2.25. The molecule has 0 radical (unpaired) electrons. The SMILES string of the molecule is O=C1C2=C(CCCC2)C(=O)N1OS(=O)(=O)C(F)(F)F. The Bertz CT molecular complexity index is 549. The minimum atomic E-state index is -6.03. The first kappa shape index (κ1) is 14.0. The quantitative estimate of drug-likeness (QED) is 0.561. The second-order valence-electron chi connectivity index (χ2n) is 4.04. The molecule has 0 atom stereocenters. The van der Waals surface area contributed by atoms with Crippen molar-refractivity contribution >= 4 is 21.9 Å². The number of hydrogen-bond donors (Lipinski definition) is 0. The number of halogens is 3. The van der Waals surface area contributed by atoms with Crippen molar-refractivity contribution in [3.63, 3.8) is 0 Å². The van der Waals surface area contributed by atoms with Gasteiger partial charge in [-0.05, 0) is 25.7 Å². The molecule has 6 nitrogen and oxygen atoms in total. The Morgan fingerprint density at radius 1 is 1.00 bits per heavy atom. The van der Waals surface area contributed by atoms with Gasteiger partial charge in [-0.1, -0.05) is 0 Å². The summed E-state index contributed by atoms with van der Waals surface area (Å²) in [5, 5.41) is -0.321. The average molecular weight is 299 g/mol. The fourth-order valence-corrected chi connectivity index (χ4v) is 2.34. The molecule has 0 aromatic carbocycles. The molecule has 1 aliphatic heterocycles. The van der Waals surface area contributed by atoms with E-state index < -0.39 is 27.4 Å². The Morgan fingerprint density at radius 3 is 1.79 bits per heavy atom. The Morgan fingerprint density at radius 2 is 1.42 bits per heavy atom. The lowest BCUT2D eigenvalue weighted by atomic mass is 9.93. The van der Waals surface area contributed by atoms with Crippen LogP contribution in [0.25, 0.3) is 0 Å². The second-order valence-corrected chi connectivity index (χ2v) is 5.56. The van der Waals surface area contributed by atoms with Gasteiger partial charge in [0.25, 0.3) is 11.8 Å². The number of amides is 2. The first-order valence-corrected chi connectivity index (χ1v) is 6.67. The molecule has 2 rings (SSSR count). The topological polar surface area (TPSA) is 80.8 Å². The number of nitrogens with zero attached hydrogens (tertiary/aromatic N) is 1. The van der Waals surface area contributed by atoms with Gasteiger partial charge < -0.3 is 0 Å². The van der Waals surface area contributed by atoms with Gasteiger partial charge in [-0.25, -0.2) is 0 Å². The van der Waals surface area contributed by atoms with Gasteiger partial charge in [0, 0.05) is 11.1 Å². The van der Waals surface area contributed by atoms with E-state index in [0.717, 1.165) is 0 Å². The molecule has 1 aliphatic carbocycles. The van der Waals surface area contributed by atoms with E-state index in [2.05, 4.69) is 4.28 Å². The normalized spacial score (nSPS) is 21.1. The van der Waals surface area contributed by atoms with Crippen LogP contribution in [0.3, 0.4) is 0 Å². The van der Waals surface area contributed by atoms with Crippen molar-refractivity contribution in [1.29, 1.82) is 0 Å². The maximum Gasteiger partial charge on any atom is 0.525 e. The minimum absolute atomic E-state index is 0.0358. The maximum absolute atomic E-state index is 12.1. The first-order valence-electron chi connectivity index (χ1n) is 5.27. The van der Waals surface area contributed by atoms with E-state index in [9.17, 15) is 31.2 Å². The minimum Gasteiger partial charge on any atom is -0.267 e. The number of imide groups is 1. The summed E-state index contributed by atoms with van der Waals surface area (Å²) in [5.41, 5.74) is -5.63. The molecule has 0 fully saturated rings. The highest BCUT2D eigenvalue weighted by Crippen LogP contribution is 2.35. The van der Waals surface area contributed by atoms with Crippen LogP contribution in [0.4, 0.5) is 13.2 Å². The number of hydroxylamine groups is 2. The summed E-state index contributed by atoms with van der Waals surface area (Å²) in [6.45, 7) is 0. The highest BCUT2D eigenvalue weighted by Gasteiger charge is 2.52. The molecule has 0 unspecified atom stereocenters. The van der Waals surface area contributed by atoms with Crippen LogP contribution < -0.4 is 0 Å². The van der Waals surface area contributed by atoms with Gasteiger partial charge >= 0.3 is 15.6 Å². The Hall–Kier alpha value is -1.42. The van der Waals surface area contributed by atoms with Crippen molar-refractivity contribution in [1.82, 2.24) is 5.06 Å². The lowest BCUT2D eigenvalue weighted by Gasteiger charge is -2.14. The molecular formula is C9H8F3NO5S. The molecule has 0 spiro atoms. The predicted octanol–water partition coefficient (Wildman–Crippen LogP) is 1.01. The van der Waals surface area contributed by atoms with E-state index in [4.69, 9.17) is 0 Å².